The third kappa shape index (κ3) is 11.5. The van der Waals surface area contributed by atoms with E-state index in [0.717, 1.165) is 156 Å². The lowest BCUT2D eigenvalue weighted by Crippen LogP contribution is -1.96. The van der Waals surface area contributed by atoms with Crippen LogP contribution in [0.25, 0.3) is 200 Å². The fourth-order valence-electron chi connectivity index (χ4n) is 16.4. The minimum Gasteiger partial charge on any atom is -0.309 e. The molecule has 0 bridgehead atoms. The van der Waals surface area contributed by atoms with E-state index in [1.54, 1.807) is 12.4 Å². The second kappa shape index (κ2) is 27.5. The summed E-state index contributed by atoms with van der Waals surface area (Å²) in [6.07, 6.45) is 11.1. The molecule has 0 unspecified atom stereocenters. The second-order valence-electron chi connectivity index (χ2n) is 28.1. The van der Waals surface area contributed by atoms with E-state index in [4.69, 9.17) is 15.0 Å². The molecule has 22 rings (SSSR count). The van der Waals surface area contributed by atoms with Crippen LogP contribution in [0.15, 0.2) is 395 Å². The normalized spacial score (nSPS) is 11.6. The van der Waals surface area contributed by atoms with Gasteiger partial charge in [0, 0.05) is 103 Å². The topological polar surface area (TPSA) is 110 Å². The average molecular weight is 1430 g/mol. The van der Waals surface area contributed by atoms with Gasteiger partial charge in [-0.3, -0.25) is 29.9 Å². The molecule has 0 aliphatic rings. The second-order valence-corrected chi connectivity index (χ2v) is 28.1. The molecule has 11 aromatic carbocycles. The molecule has 0 saturated carbocycles. The Labute approximate surface area is 644 Å². The Morgan fingerprint density at radius 3 is 0.929 bits per heavy atom. The van der Waals surface area contributed by atoms with Crippen LogP contribution in [0.4, 0.5) is 0 Å². The third-order valence-corrected chi connectivity index (χ3v) is 21.5. The summed E-state index contributed by atoms with van der Waals surface area (Å²) in [6, 6.07) is 126. The van der Waals surface area contributed by atoms with Crippen molar-refractivity contribution in [3.8, 4) is 113 Å². The zero-order chi connectivity index (χ0) is 74.0. The molecule has 22 aromatic rings. The van der Waals surface area contributed by atoms with E-state index in [1.165, 1.54) is 43.6 Å². The first-order valence-electron chi connectivity index (χ1n) is 37.5. The van der Waals surface area contributed by atoms with Gasteiger partial charge in [0.1, 0.15) is 0 Å². The van der Waals surface area contributed by atoms with Crippen molar-refractivity contribution in [3.63, 3.8) is 0 Å². The maximum Gasteiger partial charge on any atom is 0.0963 e. The monoisotopic (exact) mass is 1430 g/mol. The number of nitrogens with zero attached hydrogens (tertiary/aromatic N) is 11. The largest absolute Gasteiger partial charge is 0.309 e. The molecule has 11 nitrogen and oxygen atoms in total. The highest BCUT2D eigenvalue weighted by molar-refractivity contribution is 6.14. The van der Waals surface area contributed by atoms with Crippen LogP contribution in [-0.4, -0.2) is 53.2 Å². The van der Waals surface area contributed by atoms with Gasteiger partial charge in [0.25, 0.3) is 0 Å². The van der Waals surface area contributed by atoms with Gasteiger partial charge in [-0.2, -0.15) is 0 Å². The molecule has 0 N–H and O–H groups in total. The molecule has 0 amide bonds. The maximum absolute atomic E-state index is 4.99. The van der Waals surface area contributed by atoms with Crippen LogP contribution in [0, 0.1) is 0 Å². The Kier molecular flexibility index (Phi) is 15.9. The van der Waals surface area contributed by atoms with Crippen LogP contribution in [0.2, 0.25) is 0 Å². The first-order chi connectivity index (χ1) is 55.5. The van der Waals surface area contributed by atoms with Gasteiger partial charge in [-0.15, -0.1) is 0 Å². The Morgan fingerprint density at radius 2 is 0.482 bits per heavy atom. The molecule has 0 spiro atoms. The van der Waals surface area contributed by atoms with Gasteiger partial charge in [0.15, 0.2) is 0 Å². The maximum atomic E-state index is 4.99. The molecular formula is C101H65N11. The summed E-state index contributed by atoms with van der Waals surface area (Å²) >= 11 is 0. The standard InChI is InChI=1S/C51H33N5.C50H32N6/c1-2-13-40(14-3-1)55-47-19-5-4-16-42(47)43-23-21-36(33-50(43)55)35-22-24-48-44(32-35)51-49(20-11-27-54-51)56(48)41-15-10-12-34(31-41)37-28-38(45-17-6-8-25-52-45)30-39(29-37)46-18-7-9-26-53-46;1-2-13-37(14-3-1)55-46-19-5-4-16-39(46)40-23-21-35(32-49(40)55)34-22-24-47-41(29-34)50-48(20-11-27-53-50)56(47)38-15-10-12-33(28-38)36-30-44(42-17-6-8-25-51-42)54-45(31-36)43-18-7-9-26-52-43/h1-33H;1-32H. The number of pyridine rings is 7. The van der Waals surface area contributed by atoms with Crippen molar-refractivity contribution in [3.05, 3.63) is 395 Å². The summed E-state index contributed by atoms with van der Waals surface area (Å²) in [5.74, 6) is 0. The Balaban J connectivity index is 0.000000141. The highest BCUT2D eigenvalue weighted by Crippen LogP contribution is 2.43. The van der Waals surface area contributed by atoms with Crippen molar-refractivity contribution in [2.45, 2.75) is 0 Å². The zero-order valence-electron chi connectivity index (χ0n) is 60.4. The molecule has 0 aliphatic heterocycles. The molecule has 0 fully saturated rings. The number of aromatic nitrogens is 11. The van der Waals surface area contributed by atoms with Gasteiger partial charge in [-0.1, -0.05) is 158 Å². The lowest BCUT2D eigenvalue weighted by Gasteiger charge is -2.13. The van der Waals surface area contributed by atoms with Crippen LogP contribution in [0.1, 0.15) is 0 Å². The smallest absolute Gasteiger partial charge is 0.0963 e. The summed E-state index contributed by atoms with van der Waals surface area (Å²) in [7, 11) is 0. The summed E-state index contributed by atoms with van der Waals surface area (Å²) in [4.78, 5) is 33.5. The quantitative estimate of drug-likeness (QED) is 0.120. The predicted molar refractivity (Wildman–Crippen MR) is 458 cm³/mol. The number of benzene rings is 11. The lowest BCUT2D eigenvalue weighted by atomic mass is 9.96. The van der Waals surface area contributed by atoms with Crippen LogP contribution in [0.3, 0.4) is 0 Å². The Hall–Kier alpha value is -15.3. The molecule has 0 atom stereocenters. The van der Waals surface area contributed by atoms with Crippen LogP contribution in [0.5, 0.6) is 0 Å². The highest BCUT2D eigenvalue weighted by atomic mass is 15.0. The first-order valence-corrected chi connectivity index (χ1v) is 37.5. The van der Waals surface area contributed by atoms with Gasteiger partial charge in [0.05, 0.1) is 89.3 Å². The van der Waals surface area contributed by atoms with E-state index < -0.39 is 0 Å². The van der Waals surface area contributed by atoms with Crippen molar-refractivity contribution in [1.82, 2.24) is 53.2 Å². The minimum absolute atomic E-state index is 0.796. The molecule has 0 aliphatic carbocycles. The minimum atomic E-state index is 0.796. The van der Waals surface area contributed by atoms with E-state index in [1.807, 2.05) is 97.6 Å². The molecule has 112 heavy (non-hydrogen) atoms. The fourth-order valence-corrected chi connectivity index (χ4v) is 16.4. The third-order valence-electron chi connectivity index (χ3n) is 21.5. The lowest BCUT2D eigenvalue weighted by molar-refractivity contribution is 1.17. The van der Waals surface area contributed by atoms with E-state index in [2.05, 4.69) is 323 Å². The van der Waals surface area contributed by atoms with Gasteiger partial charge in [-0.25, -0.2) is 4.98 Å². The molecule has 0 radical (unpaired) electrons. The SMILES string of the molecule is c1ccc(-n2c3ccccc3c3ccc(-c4ccc5c(c4)c4ncccc4n5-c4cccc(-c5cc(-c6ccccn6)cc(-c6ccccn6)c5)c4)cc32)cc1.c1ccc(-n2c3ccccc3c3ccc(-c4ccc5c(c4)c4ncccc4n5-c4cccc(-c5cc(-c6ccccn6)nc(-c6ccccn6)c5)c4)cc32)cc1. The first kappa shape index (κ1) is 65.0. The van der Waals surface area contributed by atoms with Crippen molar-refractivity contribution in [1.29, 1.82) is 0 Å². The van der Waals surface area contributed by atoms with Crippen molar-refractivity contribution in [2.24, 2.45) is 0 Å². The number of hydrogen-bond acceptors (Lipinski definition) is 7. The van der Waals surface area contributed by atoms with E-state index in [0.29, 0.717) is 0 Å². The Bertz CT molecular complexity index is 6800. The summed E-state index contributed by atoms with van der Waals surface area (Å²) in [6.45, 7) is 0. The summed E-state index contributed by atoms with van der Waals surface area (Å²) in [5, 5.41) is 7.19. The van der Waals surface area contributed by atoms with Gasteiger partial charge < -0.3 is 18.3 Å². The van der Waals surface area contributed by atoms with Crippen molar-refractivity contribution in [2.75, 3.05) is 0 Å². The molecule has 11 heterocycles. The zero-order valence-corrected chi connectivity index (χ0v) is 60.4. The molecular weight excluding hydrogens is 1370 g/mol. The summed E-state index contributed by atoms with van der Waals surface area (Å²) < 4.78 is 9.40. The predicted octanol–water partition coefficient (Wildman–Crippen LogP) is 24.9. The number of rotatable bonds is 12. The average Bonchev–Trinajstić information content (AvgIpc) is 1.59. The molecule has 524 valence electrons. The number of fused-ring (bicyclic) bond motifs is 12. The van der Waals surface area contributed by atoms with Crippen molar-refractivity contribution < 1.29 is 0 Å². The number of hydrogen-bond donors (Lipinski definition) is 0. The molecule has 11 heteroatoms. The molecule has 11 aromatic heterocycles. The van der Waals surface area contributed by atoms with Crippen molar-refractivity contribution >= 4 is 87.5 Å². The van der Waals surface area contributed by atoms with Gasteiger partial charge in [-0.05, 0) is 245 Å². The van der Waals surface area contributed by atoms with E-state index in [-0.39, 0.29) is 0 Å². The van der Waals surface area contributed by atoms with Gasteiger partial charge >= 0.3 is 0 Å². The van der Waals surface area contributed by atoms with Crippen LogP contribution in [-0.2, 0) is 0 Å². The van der Waals surface area contributed by atoms with Gasteiger partial charge in [0.2, 0.25) is 0 Å². The summed E-state index contributed by atoms with van der Waals surface area (Å²) in [5.41, 5.74) is 31.5. The highest BCUT2D eigenvalue weighted by Gasteiger charge is 2.22. The number of para-hydroxylation sites is 4. The van der Waals surface area contributed by atoms with Crippen LogP contribution >= 0.6 is 0 Å². The van der Waals surface area contributed by atoms with Crippen LogP contribution < -0.4 is 0 Å². The van der Waals surface area contributed by atoms with E-state index in [9.17, 15) is 0 Å². The Morgan fingerprint density at radius 1 is 0.152 bits per heavy atom. The molecule has 0 saturated heterocycles. The fraction of sp³-hybridized carbons (Fsp3) is 0. The van der Waals surface area contributed by atoms with E-state index >= 15 is 0 Å².